The maximum Gasteiger partial charge on any atom is 0.349 e. The average Bonchev–Trinajstić information content (AvgIpc) is 2.59. The fraction of sp³-hybridized carbons (Fsp3) is 0.500. The molecule has 2 rings (SSSR count). The van der Waals surface area contributed by atoms with E-state index in [1.165, 1.54) is 4.40 Å². The Bertz CT molecular complexity index is 586. The van der Waals surface area contributed by atoms with Crippen LogP contribution < -0.4 is 10.6 Å². The second kappa shape index (κ2) is 4.17. The van der Waals surface area contributed by atoms with E-state index in [2.05, 4.69) is 15.2 Å². The zero-order valence-electron chi connectivity index (χ0n) is 10.0. The number of aliphatic hydroxyl groups excluding tert-OH is 1. The minimum atomic E-state index is -0.445. The van der Waals surface area contributed by atoms with E-state index in [0.29, 0.717) is 23.8 Å². The number of nitrogens with zero attached hydrogens (tertiary/aromatic N) is 4. The zero-order valence-corrected chi connectivity index (χ0v) is 10.0. The van der Waals surface area contributed by atoms with Gasteiger partial charge in [-0.25, -0.2) is 19.3 Å². The van der Waals surface area contributed by atoms with Gasteiger partial charge in [0.25, 0.3) is 0 Å². The second-order valence-corrected chi connectivity index (χ2v) is 4.11. The number of aromatic nitrogens is 4. The average molecular weight is 237 g/mol. The van der Waals surface area contributed by atoms with Crippen LogP contribution in [0.25, 0.3) is 5.65 Å². The van der Waals surface area contributed by atoms with E-state index in [-0.39, 0.29) is 5.69 Å². The van der Waals surface area contributed by atoms with E-state index in [1.54, 1.807) is 19.9 Å². The van der Waals surface area contributed by atoms with Crippen LogP contribution in [0.15, 0.2) is 10.9 Å². The molecule has 0 aromatic carbocycles. The first-order valence-electron chi connectivity index (χ1n) is 5.33. The van der Waals surface area contributed by atoms with E-state index in [0.717, 1.165) is 0 Å². The summed E-state index contributed by atoms with van der Waals surface area (Å²) in [6.45, 7) is 3.92. The Hall–Kier alpha value is -1.89. The molecule has 0 aliphatic rings. The fourth-order valence-electron chi connectivity index (χ4n) is 1.77. The van der Waals surface area contributed by atoms with Crippen molar-refractivity contribution in [3.8, 4) is 0 Å². The van der Waals surface area contributed by atoms with Crippen LogP contribution in [0.2, 0.25) is 0 Å². The Morgan fingerprint density at radius 3 is 3.00 bits per heavy atom. The van der Waals surface area contributed by atoms with Gasteiger partial charge in [-0.05, 0) is 13.8 Å². The summed E-state index contributed by atoms with van der Waals surface area (Å²) in [5, 5.41) is 15.6. The molecule has 0 spiro atoms. The first kappa shape index (κ1) is 11.6. The Labute approximate surface area is 97.7 Å². The molecule has 2 aromatic rings. The molecule has 0 fully saturated rings. The molecule has 0 saturated carbocycles. The highest BCUT2D eigenvalue weighted by Crippen LogP contribution is 2.12. The molecule has 2 heterocycles. The first-order valence-corrected chi connectivity index (χ1v) is 5.33. The predicted octanol–water partition coefficient (Wildman–Crippen LogP) is -0.457. The SMILES string of the molecule is Cc1nc(N(C)CC(C)O)cc2n[nH]c(=O)n12. The molecule has 0 saturated heterocycles. The number of rotatable bonds is 3. The van der Waals surface area contributed by atoms with Gasteiger partial charge >= 0.3 is 5.69 Å². The summed E-state index contributed by atoms with van der Waals surface area (Å²) in [7, 11) is 1.83. The third-order valence-corrected chi connectivity index (χ3v) is 2.49. The van der Waals surface area contributed by atoms with Crippen molar-refractivity contribution < 1.29 is 5.11 Å². The Balaban J connectivity index is 2.47. The summed E-state index contributed by atoms with van der Waals surface area (Å²) in [4.78, 5) is 17.5. The van der Waals surface area contributed by atoms with E-state index >= 15 is 0 Å². The lowest BCUT2D eigenvalue weighted by atomic mass is 10.3. The summed E-state index contributed by atoms with van der Waals surface area (Å²) >= 11 is 0. The summed E-state index contributed by atoms with van der Waals surface area (Å²) in [6.07, 6.45) is -0.445. The van der Waals surface area contributed by atoms with Crippen LogP contribution in [0.5, 0.6) is 0 Å². The normalized spacial score (nSPS) is 12.9. The predicted molar refractivity (Wildman–Crippen MR) is 63.3 cm³/mol. The van der Waals surface area contributed by atoms with E-state index in [4.69, 9.17) is 0 Å². The van der Waals surface area contributed by atoms with Crippen molar-refractivity contribution >= 4 is 11.5 Å². The molecule has 0 aliphatic heterocycles. The lowest BCUT2D eigenvalue weighted by molar-refractivity contribution is 0.201. The highest BCUT2D eigenvalue weighted by molar-refractivity contribution is 5.50. The van der Waals surface area contributed by atoms with E-state index in [9.17, 15) is 9.90 Å². The van der Waals surface area contributed by atoms with Crippen molar-refractivity contribution in [2.45, 2.75) is 20.0 Å². The van der Waals surface area contributed by atoms with Gasteiger partial charge in [0.05, 0.1) is 6.10 Å². The second-order valence-electron chi connectivity index (χ2n) is 4.11. The van der Waals surface area contributed by atoms with Gasteiger partial charge in [-0.3, -0.25) is 0 Å². The number of aromatic amines is 1. The van der Waals surface area contributed by atoms with Gasteiger partial charge in [0.2, 0.25) is 0 Å². The maximum absolute atomic E-state index is 11.4. The van der Waals surface area contributed by atoms with Crippen molar-refractivity contribution in [3.05, 3.63) is 22.4 Å². The van der Waals surface area contributed by atoms with Crippen molar-refractivity contribution in [3.63, 3.8) is 0 Å². The standard InChI is InChI=1S/C10H15N5O2/c1-6(16)5-14(3)8-4-9-12-13-10(17)15(9)7(2)11-8/h4,6,16H,5H2,1-3H3,(H,13,17). The number of fused-ring (bicyclic) bond motifs is 1. The Morgan fingerprint density at radius 1 is 1.65 bits per heavy atom. The molecule has 0 aliphatic carbocycles. The lowest BCUT2D eigenvalue weighted by Gasteiger charge is -2.20. The highest BCUT2D eigenvalue weighted by Gasteiger charge is 2.11. The Kier molecular flexibility index (Phi) is 2.84. The van der Waals surface area contributed by atoms with Gasteiger partial charge in [-0.2, -0.15) is 5.10 Å². The number of aryl methyl sites for hydroxylation is 1. The van der Waals surface area contributed by atoms with Crippen molar-refractivity contribution in [2.24, 2.45) is 0 Å². The summed E-state index contributed by atoms with van der Waals surface area (Å²) in [5.41, 5.74) is 0.227. The molecule has 1 unspecified atom stereocenters. The number of aliphatic hydroxyl groups is 1. The summed E-state index contributed by atoms with van der Waals surface area (Å²) < 4.78 is 1.40. The van der Waals surface area contributed by atoms with E-state index < -0.39 is 6.10 Å². The van der Waals surface area contributed by atoms with Crippen molar-refractivity contribution in [2.75, 3.05) is 18.5 Å². The molecule has 17 heavy (non-hydrogen) atoms. The van der Waals surface area contributed by atoms with Crippen LogP contribution in [-0.2, 0) is 0 Å². The third-order valence-electron chi connectivity index (χ3n) is 2.49. The van der Waals surface area contributed by atoms with Crippen molar-refractivity contribution in [1.82, 2.24) is 19.6 Å². The highest BCUT2D eigenvalue weighted by atomic mass is 16.3. The number of anilines is 1. The molecule has 7 heteroatoms. The quantitative estimate of drug-likeness (QED) is 0.754. The third kappa shape index (κ3) is 2.14. The minimum Gasteiger partial charge on any atom is -0.392 e. The smallest absolute Gasteiger partial charge is 0.349 e. The molecule has 0 radical (unpaired) electrons. The Morgan fingerprint density at radius 2 is 2.35 bits per heavy atom. The van der Waals surface area contributed by atoms with Crippen LogP contribution >= 0.6 is 0 Å². The molecule has 92 valence electrons. The van der Waals surface area contributed by atoms with Crippen LogP contribution in [0, 0.1) is 6.92 Å². The molecular formula is C10H15N5O2. The van der Waals surface area contributed by atoms with Gasteiger partial charge in [-0.1, -0.05) is 0 Å². The van der Waals surface area contributed by atoms with E-state index in [1.807, 2.05) is 11.9 Å². The van der Waals surface area contributed by atoms with Crippen LogP contribution in [0.1, 0.15) is 12.7 Å². The van der Waals surface area contributed by atoms with Crippen LogP contribution in [0.4, 0.5) is 5.82 Å². The monoisotopic (exact) mass is 237 g/mol. The number of hydrogen-bond acceptors (Lipinski definition) is 5. The van der Waals surface area contributed by atoms with Crippen LogP contribution in [0.3, 0.4) is 0 Å². The molecular weight excluding hydrogens is 222 g/mol. The molecule has 7 nitrogen and oxygen atoms in total. The van der Waals surface area contributed by atoms with Crippen molar-refractivity contribution in [1.29, 1.82) is 0 Å². The zero-order chi connectivity index (χ0) is 12.6. The molecule has 0 bridgehead atoms. The number of hydrogen-bond donors (Lipinski definition) is 2. The molecule has 2 aromatic heterocycles. The van der Waals surface area contributed by atoms with Gasteiger partial charge in [0.1, 0.15) is 11.6 Å². The summed E-state index contributed by atoms with van der Waals surface area (Å²) in [5.74, 6) is 1.24. The lowest BCUT2D eigenvalue weighted by Crippen LogP contribution is -2.28. The largest absolute Gasteiger partial charge is 0.392 e. The fourth-order valence-corrected chi connectivity index (χ4v) is 1.77. The van der Waals surface area contributed by atoms with Gasteiger partial charge < -0.3 is 10.0 Å². The van der Waals surface area contributed by atoms with Gasteiger partial charge in [0, 0.05) is 19.7 Å². The number of H-pyrrole nitrogens is 1. The minimum absolute atomic E-state index is 0.297. The molecule has 0 amide bonds. The number of likely N-dealkylation sites (N-methyl/N-ethyl adjacent to an activating group) is 1. The van der Waals surface area contributed by atoms with Gasteiger partial charge in [-0.15, -0.1) is 0 Å². The maximum atomic E-state index is 11.4. The summed E-state index contributed by atoms with van der Waals surface area (Å²) in [6, 6.07) is 1.70. The molecule has 2 N–H and O–H groups in total. The first-order chi connectivity index (χ1) is 7.99. The van der Waals surface area contributed by atoms with Crippen LogP contribution in [-0.4, -0.2) is 44.4 Å². The van der Waals surface area contributed by atoms with Gasteiger partial charge in [0.15, 0.2) is 5.65 Å². The number of nitrogens with one attached hydrogen (secondary N) is 1. The molecule has 1 atom stereocenters. The topological polar surface area (TPSA) is 86.5 Å².